The van der Waals surface area contributed by atoms with Gasteiger partial charge in [-0.25, -0.2) is 0 Å². The van der Waals surface area contributed by atoms with Crippen molar-refractivity contribution in [1.29, 1.82) is 0 Å². The molecule has 0 heterocycles. The molecule has 7 rings (SSSR count). The lowest BCUT2D eigenvalue weighted by Gasteiger charge is -2.22. The number of ether oxygens (including phenoxy) is 2. The predicted octanol–water partition coefficient (Wildman–Crippen LogP) is 9.99. The fourth-order valence-electron chi connectivity index (χ4n) is 6.62. The zero-order valence-electron chi connectivity index (χ0n) is 28.1. The van der Waals surface area contributed by atoms with Crippen LogP contribution in [0.5, 0.6) is 11.5 Å². The second-order valence-corrected chi connectivity index (χ2v) is 12.7. The van der Waals surface area contributed by atoms with Gasteiger partial charge in [-0.05, 0) is 75.7 Å². The Morgan fingerprint density at radius 3 is 1.70 bits per heavy atom. The summed E-state index contributed by atoms with van der Waals surface area (Å²) < 4.78 is 11.1. The number of benzene rings is 6. The van der Waals surface area contributed by atoms with Crippen molar-refractivity contribution >= 4 is 27.5 Å². The van der Waals surface area contributed by atoms with E-state index in [1.807, 2.05) is 50.2 Å². The third kappa shape index (κ3) is 6.45. The second-order valence-electron chi connectivity index (χ2n) is 12.7. The van der Waals surface area contributed by atoms with Crippen LogP contribution in [0.3, 0.4) is 0 Å². The molecule has 0 unspecified atom stereocenters. The molecule has 5 heteroatoms. The molecule has 1 aliphatic carbocycles. The minimum absolute atomic E-state index is 0.0171. The summed E-state index contributed by atoms with van der Waals surface area (Å²) in [6.45, 7) is 9.31. The highest BCUT2D eigenvalue weighted by atomic mass is 16.5. The van der Waals surface area contributed by atoms with Crippen LogP contribution in [0, 0.1) is 0 Å². The lowest BCUT2D eigenvalue weighted by molar-refractivity contribution is -0.134. The lowest BCUT2D eigenvalue weighted by Crippen LogP contribution is -2.16. The molecular formula is C42H42O5. The average Bonchev–Trinajstić information content (AvgIpc) is 3.29. The van der Waals surface area contributed by atoms with E-state index in [1.54, 1.807) is 14.2 Å². The zero-order chi connectivity index (χ0) is 33.9. The standard InChI is InChI=1S/C20H20O2.C20H18O.C2H4O2/c1-20(2,21)18-11-7-6-9-16(18)15-12-13-19(22-3)17-10-5-4-8-14(15)17;1-20(2)16-11-7-6-10-15(16)19-14-9-5-4-8-13(14)18(21-3)12-17(19)20;1-2(3)4/h4-13,21H,1-3H3;4-12H,1-3H3;1H3,(H,3,4). The smallest absolute Gasteiger partial charge is 0.300 e. The van der Waals surface area contributed by atoms with Crippen molar-refractivity contribution in [3.05, 3.63) is 132 Å². The Balaban J connectivity index is 0.000000166. The SMILES string of the molecule is CC(=O)O.COc1cc2c(c3ccccc13)-c1ccccc1C2(C)C.COc1ccc(-c2ccccc2C(C)(C)O)c2ccccc12. The summed E-state index contributed by atoms with van der Waals surface area (Å²) in [6.07, 6.45) is 0. The molecule has 5 nitrogen and oxygen atoms in total. The van der Waals surface area contributed by atoms with E-state index in [0.717, 1.165) is 45.9 Å². The lowest BCUT2D eigenvalue weighted by atomic mass is 9.82. The molecule has 2 N–H and O–H groups in total. The Hall–Kier alpha value is -5.13. The van der Waals surface area contributed by atoms with Crippen LogP contribution in [-0.2, 0) is 15.8 Å². The first-order valence-corrected chi connectivity index (χ1v) is 15.7. The number of carbonyl (C=O) groups is 1. The van der Waals surface area contributed by atoms with E-state index in [4.69, 9.17) is 19.4 Å². The van der Waals surface area contributed by atoms with Crippen molar-refractivity contribution in [2.45, 2.75) is 45.6 Å². The van der Waals surface area contributed by atoms with Gasteiger partial charge in [0.05, 0.1) is 19.8 Å². The van der Waals surface area contributed by atoms with Gasteiger partial charge >= 0.3 is 0 Å². The Morgan fingerprint density at radius 2 is 1.11 bits per heavy atom. The largest absolute Gasteiger partial charge is 0.496 e. The minimum atomic E-state index is -0.891. The van der Waals surface area contributed by atoms with Crippen LogP contribution in [0.2, 0.25) is 0 Å². The molecule has 0 fully saturated rings. The third-order valence-electron chi connectivity index (χ3n) is 8.75. The van der Waals surface area contributed by atoms with Gasteiger partial charge in [-0.3, -0.25) is 4.79 Å². The van der Waals surface area contributed by atoms with Crippen molar-refractivity contribution in [2.75, 3.05) is 14.2 Å². The van der Waals surface area contributed by atoms with Crippen molar-refractivity contribution in [3.8, 4) is 33.8 Å². The van der Waals surface area contributed by atoms with Gasteiger partial charge in [0.1, 0.15) is 11.5 Å². The second kappa shape index (κ2) is 13.3. The number of carboxylic acid groups (broad SMARTS) is 1. The molecule has 6 aromatic rings. The van der Waals surface area contributed by atoms with E-state index >= 15 is 0 Å². The van der Waals surface area contributed by atoms with Gasteiger partial charge in [0.15, 0.2) is 0 Å². The third-order valence-corrected chi connectivity index (χ3v) is 8.75. The van der Waals surface area contributed by atoms with Gasteiger partial charge in [0.25, 0.3) is 5.97 Å². The number of aliphatic carboxylic acids is 1. The normalized spacial score (nSPS) is 12.6. The number of methoxy groups -OCH3 is 2. The number of aliphatic hydroxyl groups is 1. The van der Waals surface area contributed by atoms with Crippen LogP contribution in [0.25, 0.3) is 43.8 Å². The Bertz CT molecular complexity index is 2060. The molecule has 0 spiro atoms. The monoisotopic (exact) mass is 626 g/mol. The first-order chi connectivity index (χ1) is 22.4. The van der Waals surface area contributed by atoms with E-state index in [1.165, 1.54) is 33.0 Å². The highest BCUT2D eigenvalue weighted by Gasteiger charge is 2.37. The molecule has 0 amide bonds. The Labute approximate surface area is 277 Å². The van der Waals surface area contributed by atoms with Crippen LogP contribution < -0.4 is 9.47 Å². The molecule has 1 aliphatic rings. The molecule has 0 saturated carbocycles. The molecule has 0 saturated heterocycles. The van der Waals surface area contributed by atoms with Crippen molar-refractivity contribution in [2.24, 2.45) is 0 Å². The van der Waals surface area contributed by atoms with Crippen LogP contribution in [0.1, 0.15) is 51.3 Å². The molecule has 0 aromatic heterocycles. The maximum atomic E-state index is 10.5. The Morgan fingerprint density at radius 1 is 0.617 bits per heavy atom. The average molecular weight is 627 g/mol. The van der Waals surface area contributed by atoms with Gasteiger partial charge in [0.2, 0.25) is 0 Å². The summed E-state index contributed by atoms with van der Waals surface area (Å²) in [5, 5.41) is 22.6. The number of hydrogen-bond donors (Lipinski definition) is 2. The van der Waals surface area contributed by atoms with Gasteiger partial charge in [0, 0.05) is 23.1 Å². The quantitative estimate of drug-likeness (QED) is 0.204. The summed E-state index contributed by atoms with van der Waals surface area (Å²) >= 11 is 0. The van der Waals surface area contributed by atoms with Crippen LogP contribution in [0.15, 0.2) is 115 Å². The zero-order valence-corrected chi connectivity index (χ0v) is 28.1. The number of hydrogen-bond acceptors (Lipinski definition) is 4. The maximum Gasteiger partial charge on any atom is 0.300 e. The van der Waals surface area contributed by atoms with Gasteiger partial charge in [-0.1, -0.05) is 117 Å². The number of carboxylic acids is 1. The van der Waals surface area contributed by atoms with Gasteiger partial charge in [-0.2, -0.15) is 0 Å². The van der Waals surface area contributed by atoms with Crippen molar-refractivity contribution in [3.63, 3.8) is 0 Å². The van der Waals surface area contributed by atoms with E-state index in [2.05, 4.69) is 92.7 Å². The fraction of sp³-hybridized carbons (Fsp3) is 0.214. The molecule has 240 valence electrons. The van der Waals surface area contributed by atoms with E-state index < -0.39 is 11.6 Å². The van der Waals surface area contributed by atoms with Crippen molar-refractivity contribution < 1.29 is 24.5 Å². The predicted molar refractivity (Wildman–Crippen MR) is 193 cm³/mol. The topological polar surface area (TPSA) is 76.0 Å². The number of fused-ring (bicyclic) bond motifs is 6. The Kier molecular flexibility index (Phi) is 9.41. The molecular weight excluding hydrogens is 584 g/mol. The molecule has 0 bridgehead atoms. The summed E-state index contributed by atoms with van der Waals surface area (Å²) in [5.41, 5.74) is 7.69. The van der Waals surface area contributed by atoms with Crippen LogP contribution in [-0.4, -0.2) is 30.4 Å². The van der Waals surface area contributed by atoms with Crippen LogP contribution >= 0.6 is 0 Å². The molecule has 0 aliphatic heterocycles. The van der Waals surface area contributed by atoms with E-state index in [9.17, 15) is 5.11 Å². The first-order valence-electron chi connectivity index (χ1n) is 15.7. The molecule has 0 radical (unpaired) electrons. The summed E-state index contributed by atoms with van der Waals surface area (Å²) in [6, 6.07) is 39.7. The first kappa shape index (κ1) is 33.2. The molecule has 0 atom stereocenters. The highest BCUT2D eigenvalue weighted by molar-refractivity contribution is 6.05. The van der Waals surface area contributed by atoms with Crippen molar-refractivity contribution in [1.82, 2.24) is 0 Å². The summed E-state index contributed by atoms with van der Waals surface area (Å²) in [4.78, 5) is 9.00. The van der Waals surface area contributed by atoms with Crippen LogP contribution in [0.4, 0.5) is 0 Å². The summed E-state index contributed by atoms with van der Waals surface area (Å²) in [5.74, 6) is 0.991. The summed E-state index contributed by atoms with van der Waals surface area (Å²) in [7, 11) is 3.44. The highest BCUT2D eigenvalue weighted by Crippen LogP contribution is 2.53. The van der Waals surface area contributed by atoms with Gasteiger partial charge in [-0.15, -0.1) is 0 Å². The fourth-order valence-corrected chi connectivity index (χ4v) is 6.62. The van der Waals surface area contributed by atoms with E-state index in [-0.39, 0.29) is 5.41 Å². The molecule has 6 aromatic carbocycles. The maximum absolute atomic E-state index is 10.5. The molecule has 47 heavy (non-hydrogen) atoms. The number of rotatable bonds is 4. The minimum Gasteiger partial charge on any atom is -0.496 e. The van der Waals surface area contributed by atoms with E-state index in [0.29, 0.717) is 0 Å². The van der Waals surface area contributed by atoms with Gasteiger partial charge < -0.3 is 19.7 Å².